The summed E-state index contributed by atoms with van der Waals surface area (Å²) in [5.41, 5.74) is 7.66. The molecule has 0 saturated carbocycles. The minimum atomic E-state index is -0.157. The van der Waals surface area contributed by atoms with Crippen LogP contribution in [0.2, 0.25) is 0 Å². The number of benzene rings is 2. The molecular formula is C32H30N4O2S2. The van der Waals surface area contributed by atoms with Gasteiger partial charge >= 0.3 is 0 Å². The van der Waals surface area contributed by atoms with Gasteiger partial charge in [-0.1, -0.05) is 35.9 Å². The molecule has 0 bridgehead atoms. The maximum absolute atomic E-state index is 13.7. The summed E-state index contributed by atoms with van der Waals surface area (Å²) in [6.07, 6.45) is 6.08. The second-order valence-corrected chi connectivity index (χ2v) is 12.3. The van der Waals surface area contributed by atoms with E-state index in [2.05, 4.69) is 40.1 Å². The van der Waals surface area contributed by atoms with Gasteiger partial charge < -0.3 is 15.2 Å². The van der Waals surface area contributed by atoms with Crippen LogP contribution in [0.1, 0.15) is 56.2 Å². The van der Waals surface area contributed by atoms with Crippen molar-refractivity contribution in [1.29, 1.82) is 0 Å². The van der Waals surface area contributed by atoms with E-state index in [1.165, 1.54) is 22.2 Å². The highest BCUT2D eigenvalue weighted by Crippen LogP contribution is 2.40. The molecule has 1 saturated heterocycles. The Bertz CT molecular complexity index is 1680. The number of thioether (sulfide) groups is 1. The molecule has 2 aromatic carbocycles. The number of fused-ring (bicyclic) bond motifs is 1. The molecule has 40 heavy (non-hydrogen) atoms. The first kappa shape index (κ1) is 26.3. The van der Waals surface area contributed by atoms with E-state index in [4.69, 9.17) is 0 Å². The SMILES string of the molecule is Cc1ccc(N=C2NC(=O)/C(=C/c3cc(C)n(-c4sc5c(c4C(=O)Nc4ccccc4)CCCC5)c3C)S2)cc1. The van der Waals surface area contributed by atoms with E-state index in [1.54, 1.807) is 11.3 Å². The average Bonchev–Trinajstić information content (AvgIpc) is 3.58. The van der Waals surface area contributed by atoms with Gasteiger partial charge in [0.05, 0.1) is 16.2 Å². The van der Waals surface area contributed by atoms with Crippen LogP contribution in [-0.4, -0.2) is 21.5 Å². The lowest BCUT2D eigenvalue weighted by Crippen LogP contribution is -2.19. The lowest BCUT2D eigenvalue weighted by Gasteiger charge is -2.14. The molecule has 6 rings (SSSR count). The van der Waals surface area contributed by atoms with Crippen molar-refractivity contribution < 1.29 is 9.59 Å². The molecule has 0 atom stereocenters. The number of nitrogens with zero attached hydrogens (tertiary/aromatic N) is 2. The predicted octanol–water partition coefficient (Wildman–Crippen LogP) is 7.49. The molecule has 1 fully saturated rings. The van der Waals surface area contributed by atoms with Crippen LogP contribution >= 0.6 is 23.1 Å². The Morgan fingerprint density at radius 3 is 2.55 bits per heavy atom. The summed E-state index contributed by atoms with van der Waals surface area (Å²) in [5, 5.41) is 7.52. The summed E-state index contributed by atoms with van der Waals surface area (Å²) < 4.78 is 2.17. The fourth-order valence-electron chi connectivity index (χ4n) is 5.26. The van der Waals surface area contributed by atoms with Crippen molar-refractivity contribution in [3.05, 3.63) is 104 Å². The zero-order chi connectivity index (χ0) is 27.8. The van der Waals surface area contributed by atoms with Gasteiger partial charge in [-0.3, -0.25) is 9.59 Å². The Morgan fingerprint density at radius 2 is 1.77 bits per heavy atom. The van der Waals surface area contributed by atoms with E-state index in [-0.39, 0.29) is 11.8 Å². The molecule has 202 valence electrons. The third kappa shape index (κ3) is 5.17. The second-order valence-electron chi connectivity index (χ2n) is 10.2. The monoisotopic (exact) mass is 566 g/mol. The quantitative estimate of drug-likeness (QED) is 0.246. The van der Waals surface area contributed by atoms with E-state index in [0.29, 0.717) is 10.1 Å². The molecule has 2 aliphatic rings. The number of anilines is 1. The van der Waals surface area contributed by atoms with Crippen LogP contribution in [0.5, 0.6) is 0 Å². The highest BCUT2D eigenvalue weighted by molar-refractivity contribution is 8.18. The number of amides is 2. The number of carbonyl (C=O) groups is 2. The number of hydrogen-bond acceptors (Lipinski definition) is 5. The fraction of sp³-hybridized carbons (Fsp3) is 0.219. The Hall–Kier alpha value is -3.88. The Labute approximate surface area is 242 Å². The predicted molar refractivity (Wildman–Crippen MR) is 166 cm³/mol. The molecule has 0 radical (unpaired) electrons. The molecule has 1 aliphatic carbocycles. The number of rotatable bonds is 5. The number of amidine groups is 1. The van der Waals surface area contributed by atoms with Crippen molar-refractivity contribution in [2.24, 2.45) is 4.99 Å². The number of carbonyl (C=O) groups excluding carboxylic acids is 2. The van der Waals surface area contributed by atoms with E-state index in [0.717, 1.165) is 70.1 Å². The molecule has 8 heteroatoms. The van der Waals surface area contributed by atoms with Crippen molar-refractivity contribution in [3.8, 4) is 5.00 Å². The summed E-state index contributed by atoms with van der Waals surface area (Å²) >= 11 is 3.06. The lowest BCUT2D eigenvalue weighted by atomic mass is 9.95. The molecule has 6 nitrogen and oxygen atoms in total. The summed E-state index contributed by atoms with van der Waals surface area (Å²) in [6.45, 7) is 6.14. The molecule has 1 aliphatic heterocycles. The van der Waals surface area contributed by atoms with Gasteiger partial charge in [0.25, 0.3) is 11.8 Å². The van der Waals surface area contributed by atoms with Gasteiger partial charge in [-0.2, -0.15) is 0 Å². The molecule has 2 N–H and O–H groups in total. The zero-order valence-electron chi connectivity index (χ0n) is 22.7. The van der Waals surface area contributed by atoms with Crippen LogP contribution in [-0.2, 0) is 17.6 Å². The lowest BCUT2D eigenvalue weighted by molar-refractivity contribution is -0.115. The second kappa shape index (κ2) is 10.9. The number of nitrogens with one attached hydrogen (secondary N) is 2. The molecule has 4 aromatic rings. The average molecular weight is 567 g/mol. The minimum Gasteiger partial charge on any atom is -0.322 e. The van der Waals surface area contributed by atoms with Crippen LogP contribution in [0.4, 0.5) is 11.4 Å². The van der Waals surface area contributed by atoms with Crippen LogP contribution in [0.15, 0.2) is 70.6 Å². The van der Waals surface area contributed by atoms with Crippen LogP contribution < -0.4 is 10.6 Å². The molecule has 2 aromatic heterocycles. The van der Waals surface area contributed by atoms with E-state index < -0.39 is 0 Å². The number of thiophene rings is 1. The minimum absolute atomic E-state index is 0.0734. The Balaban J connectivity index is 1.35. The maximum Gasteiger partial charge on any atom is 0.264 e. The van der Waals surface area contributed by atoms with Crippen molar-refractivity contribution in [2.75, 3.05) is 5.32 Å². The van der Waals surface area contributed by atoms with Gasteiger partial charge in [0, 0.05) is 22.0 Å². The topological polar surface area (TPSA) is 75.5 Å². The highest BCUT2D eigenvalue weighted by atomic mass is 32.2. The van der Waals surface area contributed by atoms with Gasteiger partial charge in [-0.15, -0.1) is 11.3 Å². The molecule has 2 amide bonds. The summed E-state index contributed by atoms with van der Waals surface area (Å²) in [5.74, 6) is -0.231. The molecule has 0 unspecified atom stereocenters. The van der Waals surface area contributed by atoms with E-state index >= 15 is 0 Å². The first-order chi connectivity index (χ1) is 19.4. The van der Waals surface area contributed by atoms with Gasteiger partial charge in [0.15, 0.2) is 5.17 Å². The Morgan fingerprint density at radius 1 is 1.02 bits per heavy atom. The molecule has 3 heterocycles. The molecular weight excluding hydrogens is 537 g/mol. The third-order valence-corrected chi connectivity index (χ3v) is 9.47. The first-order valence-corrected chi connectivity index (χ1v) is 15.1. The van der Waals surface area contributed by atoms with Gasteiger partial charge in [-0.25, -0.2) is 4.99 Å². The summed E-state index contributed by atoms with van der Waals surface area (Å²) in [4.78, 5) is 33.0. The van der Waals surface area contributed by atoms with E-state index in [1.807, 2.05) is 67.6 Å². The van der Waals surface area contributed by atoms with Crippen LogP contribution in [0.25, 0.3) is 11.1 Å². The molecule has 0 spiro atoms. The number of aromatic nitrogens is 1. The van der Waals surface area contributed by atoms with E-state index in [9.17, 15) is 9.59 Å². The number of para-hydroxylation sites is 1. The standard InChI is InChI=1S/C32H30N4O2S2/c1-19-13-15-24(16-14-19)34-32-35-29(37)27(40-32)18-22-17-20(2)36(21(22)3)31-28(25-11-7-8-12-26(25)39-31)30(38)33-23-9-5-4-6-10-23/h4-6,9-10,13-18H,7-8,11-12H2,1-3H3,(H,33,38)(H,34,35,37)/b27-18-. The summed E-state index contributed by atoms with van der Waals surface area (Å²) in [7, 11) is 0. The highest BCUT2D eigenvalue weighted by Gasteiger charge is 2.29. The number of aryl methyl sites for hydroxylation is 3. The van der Waals surface area contributed by atoms with Crippen LogP contribution in [0, 0.1) is 20.8 Å². The van der Waals surface area contributed by atoms with Crippen molar-refractivity contribution in [3.63, 3.8) is 0 Å². The number of hydrogen-bond donors (Lipinski definition) is 2. The third-order valence-electron chi connectivity index (χ3n) is 7.29. The van der Waals surface area contributed by atoms with Crippen molar-refractivity contribution >= 4 is 57.5 Å². The first-order valence-electron chi connectivity index (χ1n) is 13.4. The van der Waals surface area contributed by atoms with Crippen molar-refractivity contribution in [1.82, 2.24) is 9.88 Å². The smallest absolute Gasteiger partial charge is 0.264 e. The van der Waals surface area contributed by atoms with Gasteiger partial charge in [0.2, 0.25) is 0 Å². The van der Waals surface area contributed by atoms with Crippen molar-refractivity contribution in [2.45, 2.75) is 46.5 Å². The van der Waals surface area contributed by atoms with Gasteiger partial charge in [0.1, 0.15) is 5.00 Å². The summed E-state index contributed by atoms with van der Waals surface area (Å²) in [6, 6.07) is 19.6. The normalized spacial score (nSPS) is 16.8. The Kier molecular flexibility index (Phi) is 7.21. The fourth-order valence-corrected chi connectivity index (χ4v) is 7.59. The largest absolute Gasteiger partial charge is 0.322 e. The number of aliphatic imine (C=N–C) groups is 1. The zero-order valence-corrected chi connectivity index (χ0v) is 24.3. The van der Waals surface area contributed by atoms with Crippen LogP contribution in [0.3, 0.4) is 0 Å². The van der Waals surface area contributed by atoms with Gasteiger partial charge in [-0.05, 0) is 106 Å². The maximum atomic E-state index is 13.7.